The highest BCUT2D eigenvalue weighted by Crippen LogP contribution is 2.29. The monoisotopic (exact) mass is 459 g/mol. The molecule has 0 bridgehead atoms. The van der Waals surface area contributed by atoms with E-state index >= 15 is 0 Å². The fourth-order valence-corrected chi connectivity index (χ4v) is 4.72. The van der Waals surface area contributed by atoms with E-state index in [1.54, 1.807) is 24.1 Å². The predicted molar refractivity (Wildman–Crippen MR) is 131 cm³/mol. The smallest absolute Gasteiger partial charge is 0.317 e. The lowest BCUT2D eigenvalue weighted by atomic mass is 10.1. The Morgan fingerprint density at radius 3 is 2.36 bits per heavy atom. The number of rotatable bonds is 10. The van der Waals surface area contributed by atoms with Crippen LogP contribution in [0.25, 0.3) is 10.1 Å². The lowest BCUT2D eigenvalue weighted by Gasteiger charge is -2.22. The summed E-state index contributed by atoms with van der Waals surface area (Å²) in [5.41, 5.74) is 1.64. The first kappa shape index (κ1) is 22.7. The number of carbonyl (C=O) groups excluding carboxylic acids is 1. The Morgan fingerprint density at radius 1 is 0.970 bits per heavy atom. The first-order valence-corrected chi connectivity index (χ1v) is 11.6. The number of fused-ring (bicyclic) bond motifs is 1. The van der Waals surface area contributed by atoms with Gasteiger partial charge in [-0.3, -0.25) is 14.5 Å². The van der Waals surface area contributed by atoms with Crippen molar-refractivity contribution in [2.24, 2.45) is 0 Å². The lowest BCUT2D eigenvalue weighted by molar-refractivity contribution is -0.138. The van der Waals surface area contributed by atoms with Crippen LogP contribution in [0, 0.1) is 0 Å². The molecule has 0 saturated carbocycles. The average molecular weight is 460 g/mol. The third-order valence-corrected chi connectivity index (χ3v) is 6.51. The Bertz CT molecular complexity index is 1200. The van der Waals surface area contributed by atoms with Crippen molar-refractivity contribution in [1.29, 1.82) is 0 Å². The zero-order valence-corrected chi connectivity index (χ0v) is 19.1. The molecule has 0 spiro atoms. The molecule has 4 aromatic rings. The van der Waals surface area contributed by atoms with Crippen molar-refractivity contribution >= 4 is 33.2 Å². The first-order valence-electron chi connectivity index (χ1n) is 10.7. The van der Waals surface area contributed by atoms with Crippen molar-refractivity contribution in [3.63, 3.8) is 0 Å². The summed E-state index contributed by atoms with van der Waals surface area (Å²) in [4.78, 5) is 26.4. The van der Waals surface area contributed by atoms with Crippen LogP contribution in [-0.4, -0.2) is 41.9 Å². The van der Waals surface area contributed by atoms with E-state index in [-0.39, 0.29) is 18.4 Å². The second-order valence-electron chi connectivity index (χ2n) is 7.94. The first-order chi connectivity index (χ1) is 16.0. The average Bonchev–Trinajstić information content (AvgIpc) is 3.26. The highest BCUT2D eigenvalue weighted by Gasteiger charge is 2.17. The van der Waals surface area contributed by atoms with Gasteiger partial charge in [0.2, 0.25) is 5.78 Å². The van der Waals surface area contributed by atoms with Gasteiger partial charge in [-0.25, -0.2) is 0 Å². The molecule has 0 fully saturated rings. The van der Waals surface area contributed by atoms with Gasteiger partial charge in [-0.2, -0.15) is 0 Å². The second kappa shape index (κ2) is 10.4. The van der Waals surface area contributed by atoms with E-state index < -0.39 is 5.97 Å². The Kier molecular flexibility index (Phi) is 7.17. The van der Waals surface area contributed by atoms with Gasteiger partial charge in [-0.1, -0.05) is 48.5 Å². The highest BCUT2D eigenvalue weighted by molar-refractivity contribution is 7.21. The molecule has 0 amide bonds. The largest absolute Gasteiger partial charge is 0.486 e. The normalized spacial score (nSPS) is 12.1. The van der Waals surface area contributed by atoms with Gasteiger partial charge >= 0.3 is 5.97 Å². The second-order valence-corrected chi connectivity index (χ2v) is 9.02. The van der Waals surface area contributed by atoms with Crippen LogP contribution in [0.2, 0.25) is 0 Å². The number of likely N-dealkylation sites (N-methyl/N-ethyl adjacent to an activating group) is 1. The molecule has 1 heterocycles. The molecule has 1 aromatic heterocycles. The molecule has 168 valence electrons. The molecule has 0 aliphatic carbocycles. The van der Waals surface area contributed by atoms with Crippen molar-refractivity contribution in [2.75, 3.05) is 20.1 Å². The minimum atomic E-state index is -0.853. The molecule has 0 radical (unpaired) electrons. The number of benzene rings is 3. The number of nitrogens with zero attached hydrogens (tertiary/aromatic N) is 1. The SMILES string of the molecule is CN(CCC(Oc1ccc(C(=O)c2cc3ccccc3s2)cc1)c1ccccc1)CC(=O)O. The number of carbonyl (C=O) groups is 2. The molecular weight excluding hydrogens is 434 g/mol. The summed E-state index contributed by atoms with van der Waals surface area (Å²) >= 11 is 1.50. The van der Waals surface area contributed by atoms with E-state index in [1.807, 2.05) is 72.8 Å². The maximum atomic E-state index is 13.0. The Hall–Kier alpha value is -3.48. The molecule has 5 nitrogen and oxygen atoms in total. The molecule has 1 unspecified atom stereocenters. The summed E-state index contributed by atoms with van der Waals surface area (Å²) in [6.07, 6.45) is 0.405. The summed E-state index contributed by atoms with van der Waals surface area (Å²) in [5.74, 6) is -0.191. The third-order valence-electron chi connectivity index (χ3n) is 5.39. The van der Waals surface area contributed by atoms with Crippen molar-refractivity contribution in [1.82, 2.24) is 4.90 Å². The van der Waals surface area contributed by atoms with Crippen LogP contribution in [0.1, 0.15) is 33.3 Å². The molecule has 6 heteroatoms. The van der Waals surface area contributed by atoms with Gasteiger partial charge in [0.1, 0.15) is 11.9 Å². The van der Waals surface area contributed by atoms with Gasteiger partial charge in [0.25, 0.3) is 0 Å². The molecule has 0 saturated heterocycles. The van der Waals surface area contributed by atoms with E-state index in [1.165, 1.54) is 11.3 Å². The highest BCUT2D eigenvalue weighted by atomic mass is 32.1. The Morgan fingerprint density at radius 2 is 1.67 bits per heavy atom. The topological polar surface area (TPSA) is 66.8 Å². The number of ketones is 1. The molecule has 33 heavy (non-hydrogen) atoms. The van der Waals surface area contributed by atoms with Crippen molar-refractivity contribution in [3.05, 3.63) is 101 Å². The summed E-state index contributed by atoms with van der Waals surface area (Å²) in [5, 5.41) is 10.1. The summed E-state index contributed by atoms with van der Waals surface area (Å²) < 4.78 is 7.36. The molecule has 0 aliphatic rings. The summed E-state index contributed by atoms with van der Waals surface area (Å²) in [7, 11) is 1.78. The number of aliphatic carboxylic acids is 1. The predicted octanol–water partition coefficient (Wildman–Crippen LogP) is 5.66. The number of hydrogen-bond donors (Lipinski definition) is 1. The van der Waals surface area contributed by atoms with Crippen LogP contribution in [0.5, 0.6) is 5.75 Å². The lowest BCUT2D eigenvalue weighted by Crippen LogP contribution is -2.28. The maximum absolute atomic E-state index is 13.0. The van der Waals surface area contributed by atoms with E-state index in [9.17, 15) is 9.59 Å². The zero-order chi connectivity index (χ0) is 23.2. The number of thiophene rings is 1. The van der Waals surface area contributed by atoms with E-state index in [0.29, 0.717) is 29.2 Å². The Balaban J connectivity index is 1.47. The summed E-state index contributed by atoms with van der Waals surface area (Å²) in [6.45, 7) is 0.560. The number of carboxylic acids is 1. The standard InChI is InChI=1S/C27H25NO4S/c1-28(18-26(29)30)16-15-23(19-7-3-2-4-8-19)32-22-13-11-20(12-14-22)27(31)25-17-21-9-5-6-10-24(21)33-25/h2-14,17,23H,15-16,18H2,1H3,(H,29,30). The van der Waals surface area contributed by atoms with Crippen LogP contribution < -0.4 is 4.74 Å². The van der Waals surface area contributed by atoms with E-state index in [2.05, 4.69) is 0 Å². The van der Waals surface area contributed by atoms with Crippen LogP contribution in [0.15, 0.2) is 84.9 Å². The fourth-order valence-electron chi connectivity index (χ4n) is 3.69. The van der Waals surface area contributed by atoms with Crippen LogP contribution in [-0.2, 0) is 4.79 Å². The van der Waals surface area contributed by atoms with Gasteiger partial charge in [-0.15, -0.1) is 11.3 Å². The van der Waals surface area contributed by atoms with Crippen LogP contribution >= 0.6 is 11.3 Å². The summed E-state index contributed by atoms with van der Waals surface area (Å²) in [6, 6.07) is 27.0. The molecular formula is C27H25NO4S. The van der Waals surface area contributed by atoms with Crippen molar-refractivity contribution in [3.8, 4) is 5.75 Å². The maximum Gasteiger partial charge on any atom is 0.317 e. The van der Waals surface area contributed by atoms with Crippen molar-refractivity contribution < 1.29 is 19.4 Å². The van der Waals surface area contributed by atoms with Gasteiger partial charge in [-0.05, 0) is 54.4 Å². The minimum absolute atomic E-state index is 0.00217. The minimum Gasteiger partial charge on any atom is -0.486 e. The fraction of sp³-hybridized carbons (Fsp3) is 0.185. The zero-order valence-electron chi connectivity index (χ0n) is 18.3. The van der Waals surface area contributed by atoms with Gasteiger partial charge in [0.05, 0.1) is 11.4 Å². The molecule has 1 N–H and O–H groups in total. The van der Waals surface area contributed by atoms with Gasteiger partial charge < -0.3 is 9.84 Å². The number of carboxylic acid groups (broad SMARTS) is 1. The van der Waals surface area contributed by atoms with E-state index in [4.69, 9.17) is 9.84 Å². The van der Waals surface area contributed by atoms with Gasteiger partial charge in [0, 0.05) is 23.2 Å². The third kappa shape index (κ3) is 5.86. The van der Waals surface area contributed by atoms with Crippen LogP contribution in [0.4, 0.5) is 0 Å². The van der Waals surface area contributed by atoms with Crippen LogP contribution in [0.3, 0.4) is 0 Å². The quantitative estimate of drug-likeness (QED) is 0.310. The molecule has 0 aliphatic heterocycles. The number of hydrogen-bond acceptors (Lipinski definition) is 5. The molecule has 4 rings (SSSR count). The molecule has 3 aromatic carbocycles. The number of ether oxygens (including phenoxy) is 1. The van der Waals surface area contributed by atoms with E-state index in [0.717, 1.165) is 15.6 Å². The van der Waals surface area contributed by atoms with Crippen molar-refractivity contribution in [2.45, 2.75) is 12.5 Å². The molecule has 1 atom stereocenters. The van der Waals surface area contributed by atoms with Gasteiger partial charge in [0.15, 0.2) is 0 Å². The Labute approximate surface area is 196 Å².